The summed E-state index contributed by atoms with van der Waals surface area (Å²) >= 11 is 10.2. The number of nitrogens with one attached hydrogen (secondary N) is 1. The van der Waals surface area contributed by atoms with Crippen LogP contribution in [0.2, 0.25) is 0 Å². The molecule has 0 saturated heterocycles. The van der Waals surface area contributed by atoms with Crippen molar-refractivity contribution in [3.8, 4) is 0 Å². The highest BCUT2D eigenvalue weighted by atomic mass is 79.9. The molecule has 0 radical (unpaired) electrons. The van der Waals surface area contributed by atoms with Gasteiger partial charge in [-0.15, -0.1) is 0 Å². The van der Waals surface area contributed by atoms with Crippen LogP contribution in [0.4, 0.5) is 11.4 Å². The number of hydrogen-bond donors (Lipinski definition) is 2. The third kappa shape index (κ3) is 3.55. The number of nitrogens with zero attached hydrogens (tertiary/aromatic N) is 1. The van der Waals surface area contributed by atoms with Crippen molar-refractivity contribution >= 4 is 65.1 Å². The largest absolute Gasteiger partial charge is 0.397 e. The van der Waals surface area contributed by atoms with Gasteiger partial charge in [-0.05, 0) is 56.1 Å². The quantitative estimate of drug-likeness (QED) is 0.721. The van der Waals surface area contributed by atoms with Crippen molar-refractivity contribution in [2.24, 2.45) is 0 Å². The molecule has 1 aromatic carbocycles. The summed E-state index contributed by atoms with van der Waals surface area (Å²) in [7, 11) is 0. The van der Waals surface area contributed by atoms with Crippen molar-refractivity contribution in [3.05, 3.63) is 49.6 Å². The van der Waals surface area contributed by atoms with E-state index in [0.29, 0.717) is 17.1 Å². The van der Waals surface area contributed by atoms with E-state index in [1.54, 1.807) is 12.1 Å². The number of aromatic nitrogens is 1. The number of benzene rings is 1. The van der Waals surface area contributed by atoms with Crippen LogP contribution in [0.15, 0.2) is 43.9 Å². The van der Waals surface area contributed by atoms with Crippen LogP contribution >= 0.6 is 47.8 Å². The monoisotopic (exact) mass is 447 g/mol. The number of rotatable bonds is 2. The van der Waals surface area contributed by atoms with Gasteiger partial charge in [0.2, 0.25) is 0 Å². The average molecular weight is 450 g/mol. The summed E-state index contributed by atoms with van der Waals surface area (Å²) < 4.78 is 2.42. The fourth-order valence-electron chi connectivity index (χ4n) is 1.38. The van der Waals surface area contributed by atoms with Crippen LogP contribution in [-0.2, 0) is 0 Å². The van der Waals surface area contributed by atoms with E-state index in [1.165, 1.54) is 6.20 Å². The summed E-state index contributed by atoms with van der Waals surface area (Å²) in [6.07, 6.45) is 1.45. The van der Waals surface area contributed by atoms with Crippen LogP contribution in [0.3, 0.4) is 0 Å². The molecule has 98 valence electrons. The summed E-state index contributed by atoms with van der Waals surface area (Å²) in [5, 5.41) is 2.78. The zero-order chi connectivity index (χ0) is 14.0. The predicted octanol–water partition coefficient (Wildman–Crippen LogP) is 4.20. The number of nitrogens with two attached hydrogens (primary N) is 1. The van der Waals surface area contributed by atoms with E-state index < -0.39 is 0 Å². The Morgan fingerprint density at radius 2 is 1.79 bits per heavy atom. The van der Waals surface area contributed by atoms with Gasteiger partial charge in [0.1, 0.15) is 5.69 Å². The van der Waals surface area contributed by atoms with E-state index in [2.05, 4.69) is 58.1 Å². The molecule has 0 saturated carbocycles. The van der Waals surface area contributed by atoms with Crippen LogP contribution in [0.25, 0.3) is 0 Å². The molecule has 0 aliphatic carbocycles. The van der Waals surface area contributed by atoms with Crippen molar-refractivity contribution in [1.29, 1.82) is 0 Å². The lowest BCUT2D eigenvalue weighted by Crippen LogP contribution is -2.14. The normalized spacial score (nSPS) is 10.3. The highest BCUT2D eigenvalue weighted by Gasteiger charge is 2.12. The van der Waals surface area contributed by atoms with E-state index in [0.717, 1.165) is 13.4 Å². The third-order valence-electron chi connectivity index (χ3n) is 2.26. The molecular formula is C12H8Br3N3O. The number of anilines is 2. The Morgan fingerprint density at radius 3 is 2.32 bits per heavy atom. The SMILES string of the molecule is Nc1ccc(C(=O)Nc2c(Br)cc(Br)cc2Br)nc1. The molecule has 7 heteroatoms. The van der Waals surface area contributed by atoms with E-state index >= 15 is 0 Å². The zero-order valence-electron chi connectivity index (χ0n) is 9.45. The smallest absolute Gasteiger partial charge is 0.274 e. The van der Waals surface area contributed by atoms with Gasteiger partial charge < -0.3 is 11.1 Å². The van der Waals surface area contributed by atoms with Crippen molar-refractivity contribution in [1.82, 2.24) is 4.98 Å². The van der Waals surface area contributed by atoms with Gasteiger partial charge in [-0.25, -0.2) is 4.98 Å². The Hall–Kier alpha value is -0.920. The first-order valence-corrected chi connectivity index (χ1v) is 7.52. The molecule has 19 heavy (non-hydrogen) atoms. The van der Waals surface area contributed by atoms with Crippen LogP contribution < -0.4 is 11.1 Å². The first kappa shape index (κ1) is 14.5. The number of pyridine rings is 1. The maximum Gasteiger partial charge on any atom is 0.274 e. The molecule has 2 aromatic rings. The van der Waals surface area contributed by atoms with Gasteiger partial charge in [0, 0.05) is 13.4 Å². The van der Waals surface area contributed by atoms with E-state index in [-0.39, 0.29) is 5.91 Å². The second-order valence-corrected chi connectivity index (χ2v) is 6.30. The Balaban J connectivity index is 2.26. The number of nitrogen functional groups attached to an aromatic ring is 1. The molecule has 1 aromatic heterocycles. The summed E-state index contributed by atoms with van der Waals surface area (Å²) in [5.41, 5.74) is 6.99. The predicted molar refractivity (Wildman–Crippen MR) is 86.1 cm³/mol. The minimum absolute atomic E-state index is 0.302. The Bertz CT molecular complexity index is 606. The minimum Gasteiger partial charge on any atom is -0.397 e. The highest BCUT2D eigenvalue weighted by Crippen LogP contribution is 2.34. The fourth-order valence-corrected chi connectivity index (χ4v) is 3.84. The number of hydrogen-bond acceptors (Lipinski definition) is 3. The molecule has 1 amide bonds. The van der Waals surface area contributed by atoms with Gasteiger partial charge in [-0.2, -0.15) is 0 Å². The first-order valence-electron chi connectivity index (χ1n) is 5.15. The highest BCUT2D eigenvalue weighted by molar-refractivity contribution is 9.11. The van der Waals surface area contributed by atoms with Crippen molar-refractivity contribution in [2.45, 2.75) is 0 Å². The maximum atomic E-state index is 12.0. The van der Waals surface area contributed by atoms with E-state index in [9.17, 15) is 4.79 Å². The Kier molecular flexibility index (Phi) is 4.59. The molecule has 0 spiro atoms. The molecule has 0 aliphatic rings. The summed E-state index contributed by atoms with van der Waals surface area (Å²) in [6.45, 7) is 0. The van der Waals surface area contributed by atoms with Crippen molar-refractivity contribution in [3.63, 3.8) is 0 Å². The maximum absolute atomic E-state index is 12.0. The number of carbonyl (C=O) groups is 1. The first-order chi connectivity index (χ1) is 8.97. The molecule has 1 heterocycles. The molecule has 0 bridgehead atoms. The molecule has 0 fully saturated rings. The van der Waals surface area contributed by atoms with Crippen LogP contribution in [0, 0.1) is 0 Å². The van der Waals surface area contributed by atoms with E-state index in [4.69, 9.17) is 5.73 Å². The van der Waals surface area contributed by atoms with Gasteiger partial charge in [0.15, 0.2) is 0 Å². The van der Waals surface area contributed by atoms with E-state index in [1.807, 2.05) is 12.1 Å². The topological polar surface area (TPSA) is 68.0 Å². The molecule has 0 atom stereocenters. The van der Waals surface area contributed by atoms with Crippen LogP contribution in [0.1, 0.15) is 10.5 Å². The van der Waals surface area contributed by atoms with Crippen molar-refractivity contribution < 1.29 is 4.79 Å². The van der Waals surface area contributed by atoms with Gasteiger partial charge in [-0.1, -0.05) is 15.9 Å². The summed E-state index contributed by atoms with van der Waals surface area (Å²) in [4.78, 5) is 16.0. The lowest BCUT2D eigenvalue weighted by atomic mass is 10.3. The minimum atomic E-state index is -0.302. The zero-order valence-corrected chi connectivity index (χ0v) is 14.2. The lowest BCUT2D eigenvalue weighted by Gasteiger charge is -2.10. The second kappa shape index (κ2) is 6.02. The van der Waals surface area contributed by atoms with Gasteiger partial charge in [-0.3, -0.25) is 4.79 Å². The number of carbonyl (C=O) groups excluding carboxylic acids is 1. The van der Waals surface area contributed by atoms with Crippen LogP contribution in [-0.4, -0.2) is 10.9 Å². The van der Waals surface area contributed by atoms with Gasteiger partial charge in [0.25, 0.3) is 5.91 Å². The standard InChI is InChI=1S/C12H8Br3N3O/c13-6-3-8(14)11(9(15)4-6)18-12(19)10-2-1-7(16)5-17-10/h1-5H,16H2,(H,18,19). The summed E-state index contributed by atoms with van der Waals surface area (Å²) in [6, 6.07) is 6.90. The molecule has 4 nitrogen and oxygen atoms in total. The number of halogens is 3. The molecule has 2 rings (SSSR count). The average Bonchev–Trinajstić information content (AvgIpc) is 2.34. The van der Waals surface area contributed by atoms with Crippen molar-refractivity contribution in [2.75, 3.05) is 11.1 Å². The lowest BCUT2D eigenvalue weighted by molar-refractivity contribution is 0.102. The van der Waals surface area contributed by atoms with Gasteiger partial charge in [0.05, 0.1) is 17.6 Å². The Labute approximate surface area is 135 Å². The fraction of sp³-hybridized carbons (Fsp3) is 0. The third-order valence-corrected chi connectivity index (χ3v) is 3.97. The molecule has 0 unspecified atom stereocenters. The molecule has 3 N–H and O–H groups in total. The molecule has 0 aliphatic heterocycles. The number of amides is 1. The second-order valence-electron chi connectivity index (χ2n) is 3.68. The Morgan fingerprint density at radius 1 is 1.16 bits per heavy atom. The van der Waals surface area contributed by atoms with Crippen LogP contribution in [0.5, 0.6) is 0 Å². The summed E-state index contributed by atoms with van der Waals surface area (Å²) in [5.74, 6) is -0.302. The van der Waals surface area contributed by atoms with Gasteiger partial charge >= 0.3 is 0 Å². The molecular weight excluding hydrogens is 442 g/mol.